The van der Waals surface area contributed by atoms with Gasteiger partial charge in [0.25, 0.3) is 10.0 Å². The Labute approximate surface area is 152 Å². The van der Waals surface area contributed by atoms with Crippen LogP contribution in [0, 0.1) is 6.92 Å². The number of nitrogens with one attached hydrogen (secondary N) is 1. The molecule has 2 aromatic heterocycles. The number of sulfonamides is 1. The van der Waals surface area contributed by atoms with Gasteiger partial charge < -0.3 is 0 Å². The van der Waals surface area contributed by atoms with E-state index in [-0.39, 0.29) is 10.8 Å². The van der Waals surface area contributed by atoms with Crippen molar-refractivity contribution in [1.29, 1.82) is 0 Å². The fourth-order valence-electron chi connectivity index (χ4n) is 2.23. The maximum Gasteiger partial charge on any atom is 0.264 e. The summed E-state index contributed by atoms with van der Waals surface area (Å²) in [6.07, 6.45) is 1.61. The van der Waals surface area contributed by atoms with Crippen LogP contribution in [0.4, 0.5) is 5.95 Å². The van der Waals surface area contributed by atoms with E-state index in [1.54, 1.807) is 43.5 Å². The summed E-state index contributed by atoms with van der Waals surface area (Å²) in [6, 6.07) is 11.7. The van der Waals surface area contributed by atoms with Crippen molar-refractivity contribution >= 4 is 21.5 Å². The van der Waals surface area contributed by atoms with Crippen LogP contribution < -0.4 is 4.72 Å². The number of aryl methyl sites for hydroxylation is 1. The largest absolute Gasteiger partial charge is 0.264 e. The third-order valence-corrected chi connectivity index (χ3v) is 4.87. The highest BCUT2D eigenvalue weighted by molar-refractivity contribution is 7.92. The molecule has 0 saturated heterocycles. The summed E-state index contributed by atoms with van der Waals surface area (Å²) in [5.41, 5.74) is 2.26. The fourth-order valence-corrected chi connectivity index (χ4v) is 3.18. The summed E-state index contributed by atoms with van der Waals surface area (Å²) < 4.78 is 27.6. The van der Waals surface area contributed by atoms with Gasteiger partial charge in [-0.25, -0.2) is 18.1 Å². The van der Waals surface area contributed by atoms with E-state index >= 15 is 0 Å². The van der Waals surface area contributed by atoms with Gasteiger partial charge in [-0.1, -0.05) is 30.4 Å². The van der Waals surface area contributed by atoms with Gasteiger partial charge in [0.2, 0.25) is 5.95 Å². The first-order valence-electron chi connectivity index (χ1n) is 7.78. The summed E-state index contributed by atoms with van der Waals surface area (Å²) in [4.78, 5) is 16.7. The Morgan fingerprint density at radius 3 is 2.38 bits per heavy atom. The number of hydrogen-bond donors (Lipinski definition) is 1. The Hall–Kier alpha value is -3.13. The van der Waals surface area contributed by atoms with Crippen molar-refractivity contribution in [3.8, 4) is 11.5 Å². The topological polar surface area (TPSA) is 97.7 Å². The molecule has 0 aliphatic carbocycles. The first-order valence-corrected chi connectivity index (χ1v) is 9.26. The van der Waals surface area contributed by atoms with Crippen LogP contribution in [0.3, 0.4) is 0 Å². The molecule has 0 unspecified atom stereocenters. The van der Waals surface area contributed by atoms with Gasteiger partial charge in [-0.3, -0.25) is 4.98 Å². The molecule has 0 saturated carbocycles. The number of allylic oxidation sites excluding steroid dienone is 1. The van der Waals surface area contributed by atoms with Crippen LogP contribution >= 0.6 is 0 Å². The Balaban J connectivity index is 1.92. The number of pyridine rings is 1. The standard InChI is InChI=1S/C18H17N5O2S/c1-12(2)14-7-9-15(10-8-14)26(24,25)23-18-21-13(3)20-17(22-18)16-6-4-5-11-19-16/h4-11H,1H2,2-3H3,(H,20,21,22,23). The molecule has 0 amide bonds. The summed E-state index contributed by atoms with van der Waals surface area (Å²) in [6.45, 7) is 7.35. The van der Waals surface area contributed by atoms with Crippen molar-refractivity contribution in [1.82, 2.24) is 19.9 Å². The zero-order valence-corrected chi connectivity index (χ0v) is 15.2. The summed E-state index contributed by atoms with van der Waals surface area (Å²) in [5.74, 6) is 0.631. The molecule has 1 aromatic carbocycles. The highest BCUT2D eigenvalue weighted by Gasteiger charge is 2.17. The number of benzene rings is 1. The van der Waals surface area contributed by atoms with Crippen molar-refractivity contribution in [3.05, 3.63) is 66.6 Å². The quantitative estimate of drug-likeness (QED) is 0.744. The van der Waals surface area contributed by atoms with E-state index in [1.807, 2.05) is 6.92 Å². The molecule has 0 aliphatic rings. The number of aromatic nitrogens is 4. The second-order valence-electron chi connectivity index (χ2n) is 5.66. The molecule has 26 heavy (non-hydrogen) atoms. The van der Waals surface area contributed by atoms with Crippen LogP contribution in [0.15, 0.2) is 60.1 Å². The summed E-state index contributed by atoms with van der Waals surface area (Å²) in [7, 11) is -3.82. The van der Waals surface area contributed by atoms with Gasteiger partial charge in [0, 0.05) is 6.20 Å². The van der Waals surface area contributed by atoms with E-state index in [0.717, 1.165) is 11.1 Å². The second kappa shape index (κ2) is 7.01. The lowest BCUT2D eigenvalue weighted by molar-refractivity contribution is 0.600. The number of nitrogens with zero attached hydrogens (tertiary/aromatic N) is 4. The number of anilines is 1. The molecule has 3 aromatic rings. The van der Waals surface area contributed by atoms with E-state index < -0.39 is 10.0 Å². The molecule has 8 heteroatoms. The normalized spacial score (nSPS) is 11.2. The number of hydrogen-bond acceptors (Lipinski definition) is 6. The maximum atomic E-state index is 12.6. The van der Waals surface area contributed by atoms with E-state index in [4.69, 9.17) is 0 Å². The van der Waals surface area contributed by atoms with Crippen molar-refractivity contribution in [2.24, 2.45) is 0 Å². The Bertz CT molecular complexity index is 1050. The summed E-state index contributed by atoms with van der Waals surface area (Å²) >= 11 is 0. The maximum absolute atomic E-state index is 12.6. The highest BCUT2D eigenvalue weighted by Crippen LogP contribution is 2.19. The van der Waals surface area contributed by atoms with E-state index in [1.165, 1.54) is 12.1 Å². The summed E-state index contributed by atoms with van der Waals surface area (Å²) in [5, 5.41) is 0. The van der Waals surface area contributed by atoms with E-state index in [2.05, 4.69) is 31.2 Å². The lowest BCUT2D eigenvalue weighted by atomic mass is 10.1. The van der Waals surface area contributed by atoms with Gasteiger partial charge in [0.05, 0.1) is 4.90 Å². The van der Waals surface area contributed by atoms with Crippen molar-refractivity contribution < 1.29 is 8.42 Å². The van der Waals surface area contributed by atoms with Gasteiger partial charge >= 0.3 is 0 Å². The molecule has 0 fully saturated rings. The molecule has 0 spiro atoms. The molecule has 0 radical (unpaired) electrons. The van der Waals surface area contributed by atoms with Crippen molar-refractivity contribution in [2.75, 3.05) is 4.72 Å². The Morgan fingerprint density at radius 2 is 1.77 bits per heavy atom. The predicted octanol–water partition coefficient (Wildman–Crippen LogP) is 3.08. The Kier molecular flexibility index (Phi) is 4.77. The minimum atomic E-state index is -3.82. The van der Waals surface area contributed by atoms with Crippen LogP contribution in [0.1, 0.15) is 18.3 Å². The molecular formula is C18H17N5O2S. The molecule has 0 atom stereocenters. The molecule has 3 rings (SSSR count). The predicted molar refractivity (Wildman–Crippen MR) is 99.8 cm³/mol. The average molecular weight is 367 g/mol. The lowest BCUT2D eigenvalue weighted by Crippen LogP contribution is -2.16. The number of rotatable bonds is 5. The molecular weight excluding hydrogens is 350 g/mol. The molecule has 2 heterocycles. The monoisotopic (exact) mass is 367 g/mol. The fraction of sp³-hybridized carbons (Fsp3) is 0.111. The first-order chi connectivity index (χ1) is 12.3. The minimum Gasteiger partial charge on any atom is -0.253 e. The first kappa shape index (κ1) is 17.7. The van der Waals surface area contributed by atoms with Crippen molar-refractivity contribution in [2.45, 2.75) is 18.7 Å². The smallest absolute Gasteiger partial charge is 0.253 e. The van der Waals surface area contributed by atoms with Gasteiger partial charge in [0.15, 0.2) is 5.82 Å². The van der Waals surface area contributed by atoms with E-state index in [0.29, 0.717) is 17.3 Å². The van der Waals surface area contributed by atoms with Gasteiger partial charge in [-0.15, -0.1) is 0 Å². The van der Waals surface area contributed by atoms with Gasteiger partial charge in [-0.05, 0) is 43.7 Å². The zero-order chi connectivity index (χ0) is 18.7. The van der Waals surface area contributed by atoms with Crippen molar-refractivity contribution in [3.63, 3.8) is 0 Å². The van der Waals surface area contributed by atoms with Crippen LogP contribution in [-0.2, 0) is 10.0 Å². The second-order valence-corrected chi connectivity index (χ2v) is 7.34. The van der Waals surface area contributed by atoms with Gasteiger partial charge in [0.1, 0.15) is 11.5 Å². The average Bonchev–Trinajstić information content (AvgIpc) is 2.61. The van der Waals surface area contributed by atoms with Gasteiger partial charge in [-0.2, -0.15) is 9.97 Å². The van der Waals surface area contributed by atoms with Crippen LogP contribution in [0.25, 0.3) is 17.1 Å². The lowest BCUT2D eigenvalue weighted by Gasteiger charge is -2.09. The molecule has 7 nitrogen and oxygen atoms in total. The zero-order valence-electron chi connectivity index (χ0n) is 14.3. The molecule has 0 aliphatic heterocycles. The van der Waals surface area contributed by atoms with Crippen LogP contribution in [-0.4, -0.2) is 28.4 Å². The molecule has 0 bridgehead atoms. The minimum absolute atomic E-state index is 0.0536. The third-order valence-electron chi connectivity index (χ3n) is 3.52. The van der Waals surface area contributed by atoms with Crippen LogP contribution in [0.5, 0.6) is 0 Å². The Morgan fingerprint density at radius 1 is 1.04 bits per heavy atom. The SMILES string of the molecule is C=C(C)c1ccc(S(=O)(=O)Nc2nc(C)nc(-c3ccccn3)n2)cc1. The highest BCUT2D eigenvalue weighted by atomic mass is 32.2. The van der Waals surface area contributed by atoms with E-state index in [9.17, 15) is 8.42 Å². The molecule has 132 valence electrons. The van der Waals surface area contributed by atoms with Crippen LogP contribution in [0.2, 0.25) is 0 Å². The third kappa shape index (κ3) is 3.92. The molecule has 1 N–H and O–H groups in total.